The number of aromatic nitrogens is 2. The summed E-state index contributed by atoms with van der Waals surface area (Å²) in [5.74, 6) is 0. The first-order valence-electron chi connectivity index (χ1n) is 3.61. The molecule has 0 radical (unpaired) electrons. The molecule has 0 saturated carbocycles. The lowest BCUT2D eigenvalue weighted by Crippen LogP contribution is -2.22. The van der Waals surface area contributed by atoms with Crippen LogP contribution in [-0.2, 0) is 6.54 Å². The van der Waals surface area contributed by atoms with Gasteiger partial charge in [-0.25, -0.2) is 0 Å². The average molecular weight is 174 g/mol. The van der Waals surface area contributed by atoms with Crippen LogP contribution in [0.4, 0.5) is 0 Å². The lowest BCUT2D eigenvalue weighted by Gasteiger charge is -2.05. The number of nitrogens with one attached hydrogen (secondary N) is 2. The zero-order valence-electron chi connectivity index (χ0n) is 6.69. The number of halogens is 1. The Hall–Kier alpha value is -0.540. The molecule has 0 saturated heterocycles. The van der Waals surface area contributed by atoms with Gasteiger partial charge in [-0.3, -0.25) is 5.10 Å². The summed E-state index contributed by atoms with van der Waals surface area (Å²) in [6, 6.07) is 0.467. The Morgan fingerprint density at radius 3 is 2.91 bits per heavy atom. The zero-order chi connectivity index (χ0) is 8.27. The first-order valence-corrected chi connectivity index (χ1v) is 3.99. The molecule has 0 unspecified atom stereocenters. The summed E-state index contributed by atoms with van der Waals surface area (Å²) in [6.07, 6.45) is 1.61. The molecule has 2 N–H and O–H groups in total. The van der Waals surface area contributed by atoms with Gasteiger partial charge in [0.1, 0.15) is 0 Å². The van der Waals surface area contributed by atoms with Crippen LogP contribution < -0.4 is 5.32 Å². The molecule has 1 rings (SSSR count). The summed E-state index contributed by atoms with van der Waals surface area (Å²) in [5.41, 5.74) is 0.945. The van der Waals surface area contributed by atoms with Crippen molar-refractivity contribution >= 4 is 11.6 Å². The maximum Gasteiger partial charge on any atom is 0.0828 e. The van der Waals surface area contributed by atoms with Crippen molar-refractivity contribution in [3.63, 3.8) is 0 Å². The van der Waals surface area contributed by atoms with E-state index in [1.54, 1.807) is 6.20 Å². The van der Waals surface area contributed by atoms with E-state index in [1.807, 2.05) is 0 Å². The molecule has 0 fully saturated rings. The van der Waals surface area contributed by atoms with Crippen molar-refractivity contribution in [2.24, 2.45) is 0 Å². The van der Waals surface area contributed by atoms with Gasteiger partial charge in [0.25, 0.3) is 0 Å². The van der Waals surface area contributed by atoms with Crippen molar-refractivity contribution in [3.8, 4) is 0 Å². The van der Waals surface area contributed by atoms with Crippen molar-refractivity contribution in [2.75, 3.05) is 0 Å². The van der Waals surface area contributed by atoms with E-state index in [-0.39, 0.29) is 0 Å². The second-order valence-corrected chi connectivity index (χ2v) is 3.14. The predicted octanol–water partition coefficient (Wildman–Crippen LogP) is 1.56. The largest absolute Gasteiger partial charge is 0.309 e. The van der Waals surface area contributed by atoms with Gasteiger partial charge in [-0.2, -0.15) is 5.10 Å². The molecule has 0 amide bonds. The highest BCUT2D eigenvalue weighted by Crippen LogP contribution is 2.10. The second kappa shape index (κ2) is 3.74. The molecule has 0 atom stereocenters. The van der Waals surface area contributed by atoms with E-state index < -0.39 is 0 Å². The van der Waals surface area contributed by atoms with E-state index in [0.717, 1.165) is 12.2 Å². The van der Waals surface area contributed by atoms with E-state index in [9.17, 15) is 0 Å². The van der Waals surface area contributed by atoms with Gasteiger partial charge in [0.05, 0.1) is 16.9 Å². The van der Waals surface area contributed by atoms with Gasteiger partial charge in [0.2, 0.25) is 0 Å². The highest BCUT2D eigenvalue weighted by Gasteiger charge is 2.01. The zero-order valence-corrected chi connectivity index (χ0v) is 7.44. The van der Waals surface area contributed by atoms with Crippen LogP contribution in [0.2, 0.25) is 5.02 Å². The van der Waals surface area contributed by atoms with Crippen molar-refractivity contribution in [1.82, 2.24) is 15.5 Å². The van der Waals surface area contributed by atoms with E-state index >= 15 is 0 Å². The quantitative estimate of drug-likeness (QED) is 0.729. The van der Waals surface area contributed by atoms with E-state index in [0.29, 0.717) is 11.1 Å². The summed E-state index contributed by atoms with van der Waals surface area (Å²) in [4.78, 5) is 0. The van der Waals surface area contributed by atoms with Gasteiger partial charge >= 0.3 is 0 Å². The molecule has 0 aliphatic heterocycles. The van der Waals surface area contributed by atoms with Crippen molar-refractivity contribution in [3.05, 3.63) is 16.9 Å². The monoisotopic (exact) mass is 173 g/mol. The van der Waals surface area contributed by atoms with E-state index in [4.69, 9.17) is 11.6 Å². The smallest absolute Gasteiger partial charge is 0.0828 e. The molecule has 1 aromatic heterocycles. The number of hydrogen-bond donors (Lipinski definition) is 2. The van der Waals surface area contributed by atoms with E-state index in [1.165, 1.54) is 0 Å². The Morgan fingerprint density at radius 2 is 2.45 bits per heavy atom. The molecule has 0 aliphatic rings. The Bertz CT molecular complexity index is 219. The van der Waals surface area contributed by atoms with Gasteiger partial charge in [0.15, 0.2) is 0 Å². The molecule has 62 valence electrons. The fourth-order valence-electron chi connectivity index (χ4n) is 0.728. The maximum atomic E-state index is 5.79. The highest BCUT2D eigenvalue weighted by atomic mass is 35.5. The lowest BCUT2D eigenvalue weighted by atomic mass is 10.3. The average Bonchev–Trinajstić information content (AvgIpc) is 2.31. The third kappa shape index (κ3) is 2.52. The van der Waals surface area contributed by atoms with Crippen molar-refractivity contribution in [1.29, 1.82) is 0 Å². The number of rotatable bonds is 3. The highest BCUT2D eigenvalue weighted by molar-refractivity contribution is 6.31. The fourth-order valence-corrected chi connectivity index (χ4v) is 0.886. The van der Waals surface area contributed by atoms with E-state index in [2.05, 4.69) is 29.4 Å². The van der Waals surface area contributed by atoms with Gasteiger partial charge in [-0.15, -0.1) is 0 Å². The minimum Gasteiger partial charge on any atom is -0.309 e. The van der Waals surface area contributed by atoms with Crippen LogP contribution in [0.1, 0.15) is 19.5 Å². The first-order chi connectivity index (χ1) is 5.20. The van der Waals surface area contributed by atoms with Crippen LogP contribution in [0.3, 0.4) is 0 Å². The predicted molar refractivity (Wildman–Crippen MR) is 45.6 cm³/mol. The Balaban J connectivity index is 2.44. The second-order valence-electron chi connectivity index (χ2n) is 2.73. The summed E-state index contributed by atoms with van der Waals surface area (Å²) >= 11 is 5.79. The molecule has 0 spiro atoms. The topological polar surface area (TPSA) is 40.7 Å². The molecule has 0 bridgehead atoms. The molecule has 3 nitrogen and oxygen atoms in total. The Labute approximate surface area is 71.1 Å². The number of aromatic amines is 1. The van der Waals surface area contributed by atoms with Crippen molar-refractivity contribution < 1.29 is 0 Å². The van der Waals surface area contributed by atoms with Crippen LogP contribution >= 0.6 is 11.6 Å². The molecule has 4 heteroatoms. The third-order valence-corrected chi connectivity index (χ3v) is 1.68. The SMILES string of the molecule is CC(C)NCc1[nH]ncc1Cl. The molecule has 1 aromatic rings. The molecular formula is C7H12ClN3. The first kappa shape index (κ1) is 8.56. The van der Waals surface area contributed by atoms with Crippen LogP contribution in [0.25, 0.3) is 0 Å². The Morgan fingerprint density at radius 1 is 1.73 bits per heavy atom. The van der Waals surface area contributed by atoms with Gasteiger partial charge in [-0.1, -0.05) is 25.4 Å². The molecular weight excluding hydrogens is 162 g/mol. The number of nitrogens with zero attached hydrogens (tertiary/aromatic N) is 1. The van der Waals surface area contributed by atoms with Crippen LogP contribution in [0.5, 0.6) is 0 Å². The molecule has 0 aromatic carbocycles. The minimum atomic E-state index is 0.467. The van der Waals surface area contributed by atoms with Gasteiger partial charge in [-0.05, 0) is 0 Å². The number of H-pyrrole nitrogens is 1. The van der Waals surface area contributed by atoms with Gasteiger partial charge in [0, 0.05) is 12.6 Å². The normalized spacial score (nSPS) is 10.9. The summed E-state index contributed by atoms with van der Waals surface area (Å²) in [7, 11) is 0. The van der Waals surface area contributed by atoms with Gasteiger partial charge < -0.3 is 5.32 Å². The third-order valence-electron chi connectivity index (χ3n) is 1.35. The van der Waals surface area contributed by atoms with Crippen LogP contribution in [0.15, 0.2) is 6.20 Å². The molecule has 11 heavy (non-hydrogen) atoms. The molecule has 1 heterocycles. The molecule has 0 aliphatic carbocycles. The standard InChI is InChI=1S/C7H12ClN3/c1-5(2)9-4-7-6(8)3-10-11-7/h3,5,9H,4H2,1-2H3,(H,10,11). The Kier molecular flexibility index (Phi) is 2.91. The minimum absolute atomic E-state index is 0.467. The lowest BCUT2D eigenvalue weighted by molar-refractivity contribution is 0.581. The summed E-state index contributed by atoms with van der Waals surface area (Å²) in [6.45, 7) is 4.92. The summed E-state index contributed by atoms with van der Waals surface area (Å²) < 4.78 is 0. The van der Waals surface area contributed by atoms with Crippen LogP contribution in [-0.4, -0.2) is 16.2 Å². The van der Waals surface area contributed by atoms with Crippen LogP contribution in [0, 0.1) is 0 Å². The van der Waals surface area contributed by atoms with Crippen molar-refractivity contribution in [2.45, 2.75) is 26.4 Å². The summed E-state index contributed by atoms with van der Waals surface area (Å²) in [5, 5.41) is 10.5. The fraction of sp³-hybridized carbons (Fsp3) is 0.571. The number of hydrogen-bond acceptors (Lipinski definition) is 2. The maximum absolute atomic E-state index is 5.79.